The lowest BCUT2D eigenvalue weighted by Gasteiger charge is -2.10. The van der Waals surface area contributed by atoms with E-state index < -0.39 is 0 Å². The molecule has 0 aromatic carbocycles. The third-order valence-corrected chi connectivity index (χ3v) is 2.53. The van der Waals surface area contributed by atoms with Crippen molar-refractivity contribution in [3.63, 3.8) is 0 Å². The molecule has 1 fully saturated rings. The van der Waals surface area contributed by atoms with E-state index in [0.717, 1.165) is 26.2 Å². The fraction of sp³-hybridized carbons (Fsp3) is 0.545. The van der Waals surface area contributed by atoms with Crippen molar-refractivity contribution >= 4 is 0 Å². The van der Waals surface area contributed by atoms with Crippen molar-refractivity contribution in [2.75, 3.05) is 20.3 Å². The van der Waals surface area contributed by atoms with E-state index in [-0.39, 0.29) is 0 Å². The summed E-state index contributed by atoms with van der Waals surface area (Å²) < 4.78 is 10.4. The number of hydrogen-bond donors (Lipinski definition) is 1. The SMILES string of the molecule is COc1cc(CNC2CCOC2)ccn1. The van der Waals surface area contributed by atoms with Crippen LogP contribution < -0.4 is 10.1 Å². The molecule has 0 amide bonds. The zero-order valence-electron chi connectivity index (χ0n) is 8.90. The van der Waals surface area contributed by atoms with Crippen LogP contribution >= 0.6 is 0 Å². The minimum atomic E-state index is 0.490. The Bertz CT molecular complexity index is 311. The average Bonchev–Trinajstić information content (AvgIpc) is 2.79. The highest BCUT2D eigenvalue weighted by Crippen LogP contribution is 2.10. The van der Waals surface area contributed by atoms with E-state index in [1.54, 1.807) is 13.3 Å². The van der Waals surface area contributed by atoms with E-state index in [0.29, 0.717) is 11.9 Å². The maximum absolute atomic E-state index is 5.29. The molecule has 1 saturated heterocycles. The van der Waals surface area contributed by atoms with Crippen molar-refractivity contribution in [1.29, 1.82) is 0 Å². The molecule has 82 valence electrons. The van der Waals surface area contributed by atoms with Crippen LogP contribution in [0, 0.1) is 0 Å². The third kappa shape index (κ3) is 2.91. The third-order valence-electron chi connectivity index (χ3n) is 2.53. The molecule has 1 atom stereocenters. The highest BCUT2D eigenvalue weighted by atomic mass is 16.5. The van der Waals surface area contributed by atoms with E-state index in [1.807, 2.05) is 12.1 Å². The molecular weight excluding hydrogens is 192 g/mol. The van der Waals surface area contributed by atoms with Gasteiger partial charge in [0.25, 0.3) is 0 Å². The number of rotatable bonds is 4. The van der Waals surface area contributed by atoms with Gasteiger partial charge in [0.2, 0.25) is 5.88 Å². The standard InChI is InChI=1S/C11H16N2O2/c1-14-11-6-9(2-4-12-11)7-13-10-3-5-15-8-10/h2,4,6,10,13H,3,5,7-8H2,1H3. The molecule has 2 heterocycles. The van der Waals surface area contributed by atoms with Crippen LogP contribution in [0.3, 0.4) is 0 Å². The molecular formula is C11H16N2O2. The zero-order chi connectivity index (χ0) is 10.5. The zero-order valence-corrected chi connectivity index (χ0v) is 8.90. The van der Waals surface area contributed by atoms with Gasteiger partial charge in [-0.3, -0.25) is 0 Å². The van der Waals surface area contributed by atoms with Crippen molar-refractivity contribution in [2.45, 2.75) is 19.0 Å². The van der Waals surface area contributed by atoms with Crippen molar-refractivity contribution in [2.24, 2.45) is 0 Å². The lowest BCUT2D eigenvalue weighted by atomic mass is 10.2. The predicted octanol–water partition coefficient (Wildman–Crippen LogP) is 0.969. The van der Waals surface area contributed by atoms with Crippen molar-refractivity contribution < 1.29 is 9.47 Å². The molecule has 0 bridgehead atoms. The highest BCUT2D eigenvalue weighted by Gasteiger charge is 2.14. The molecule has 4 nitrogen and oxygen atoms in total. The van der Waals surface area contributed by atoms with E-state index in [4.69, 9.17) is 9.47 Å². The van der Waals surface area contributed by atoms with Crippen LogP contribution in [0.15, 0.2) is 18.3 Å². The minimum absolute atomic E-state index is 0.490. The van der Waals surface area contributed by atoms with Crippen molar-refractivity contribution in [1.82, 2.24) is 10.3 Å². The maximum atomic E-state index is 5.29. The van der Waals surface area contributed by atoms with Gasteiger partial charge < -0.3 is 14.8 Å². The van der Waals surface area contributed by atoms with Gasteiger partial charge in [0.15, 0.2) is 0 Å². The predicted molar refractivity (Wildman–Crippen MR) is 56.9 cm³/mol. The molecule has 0 radical (unpaired) electrons. The molecule has 15 heavy (non-hydrogen) atoms. The van der Waals surface area contributed by atoms with Crippen LogP contribution in [0.5, 0.6) is 5.88 Å². The van der Waals surface area contributed by atoms with E-state index in [9.17, 15) is 0 Å². The number of methoxy groups -OCH3 is 1. The summed E-state index contributed by atoms with van der Waals surface area (Å²) in [5, 5.41) is 3.44. The molecule has 2 rings (SSSR count). The Morgan fingerprint density at radius 3 is 3.33 bits per heavy atom. The Morgan fingerprint density at radius 2 is 2.60 bits per heavy atom. The first kappa shape index (κ1) is 10.4. The lowest BCUT2D eigenvalue weighted by Crippen LogP contribution is -2.28. The van der Waals surface area contributed by atoms with Crippen molar-refractivity contribution in [3.8, 4) is 5.88 Å². The smallest absolute Gasteiger partial charge is 0.213 e. The molecule has 4 heteroatoms. The number of nitrogens with zero attached hydrogens (tertiary/aromatic N) is 1. The first-order valence-corrected chi connectivity index (χ1v) is 5.18. The molecule has 0 saturated carbocycles. The number of nitrogens with one attached hydrogen (secondary N) is 1. The van der Waals surface area contributed by atoms with Gasteiger partial charge in [0.1, 0.15) is 0 Å². The molecule has 1 aliphatic heterocycles. The molecule has 1 aliphatic rings. The number of hydrogen-bond acceptors (Lipinski definition) is 4. The van der Waals surface area contributed by atoms with Crippen LogP contribution in [-0.2, 0) is 11.3 Å². The summed E-state index contributed by atoms with van der Waals surface area (Å²) >= 11 is 0. The van der Waals surface area contributed by atoms with Gasteiger partial charge in [-0.1, -0.05) is 0 Å². The van der Waals surface area contributed by atoms with Crippen LogP contribution in [0.25, 0.3) is 0 Å². The largest absolute Gasteiger partial charge is 0.481 e. The summed E-state index contributed by atoms with van der Waals surface area (Å²) in [5.41, 5.74) is 1.19. The minimum Gasteiger partial charge on any atom is -0.481 e. The van der Waals surface area contributed by atoms with Gasteiger partial charge in [-0.25, -0.2) is 4.98 Å². The van der Waals surface area contributed by atoms with E-state index in [2.05, 4.69) is 10.3 Å². The van der Waals surface area contributed by atoms with Crippen LogP contribution in [0.2, 0.25) is 0 Å². The molecule has 0 spiro atoms. The van der Waals surface area contributed by atoms with Crippen LogP contribution in [0.4, 0.5) is 0 Å². The van der Waals surface area contributed by atoms with Gasteiger partial charge in [-0.15, -0.1) is 0 Å². The average molecular weight is 208 g/mol. The summed E-state index contributed by atoms with van der Waals surface area (Å²) in [4.78, 5) is 4.06. The second kappa shape index (κ2) is 5.09. The first-order valence-electron chi connectivity index (χ1n) is 5.18. The summed E-state index contributed by atoms with van der Waals surface area (Å²) in [5.74, 6) is 0.664. The fourth-order valence-corrected chi connectivity index (χ4v) is 1.63. The highest BCUT2D eigenvalue weighted by molar-refractivity contribution is 5.20. The molecule has 1 aromatic rings. The fourth-order valence-electron chi connectivity index (χ4n) is 1.63. The summed E-state index contributed by atoms with van der Waals surface area (Å²) in [7, 11) is 1.63. The van der Waals surface area contributed by atoms with E-state index >= 15 is 0 Å². The van der Waals surface area contributed by atoms with Crippen LogP contribution in [-0.4, -0.2) is 31.3 Å². The van der Waals surface area contributed by atoms with Gasteiger partial charge in [-0.2, -0.15) is 0 Å². The summed E-state index contributed by atoms with van der Waals surface area (Å²) in [6.07, 6.45) is 2.86. The number of pyridine rings is 1. The normalized spacial score (nSPS) is 20.5. The Kier molecular flexibility index (Phi) is 3.53. The van der Waals surface area contributed by atoms with Crippen LogP contribution in [0.1, 0.15) is 12.0 Å². The topological polar surface area (TPSA) is 43.4 Å². The molecule has 0 aliphatic carbocycles. The molecule has 1 N–H and O–H groups in total. The Hall–Kier alpha value is -1.13. The molecule has 1 aromatic heterocycles. The Morgan fingerprint density at radius 1 is 1.67 bits per heavy atom. The maximum Gasteiger partial charge on any atom is 0.213 e. The van der Waals surface area contributed by atoms with Gasteiger partial charge in [0.05, 0.1) is 13.7 Å². The van der Waals surface area contributed by atoms with E-state index in [1.165, 1.54) is 5.56 Å². The second-order valence-corrected chi connectivity index (χ2v) is 3.65. The Balaban J connectivity index is 1.86. The summed E-state index contributed by atoms with van der Waals surface area (Å²) in [6, 6.07) is 4.43. The number of aromatic nitrogens is 1. The summed E-state index contributed by atoms with van der Waals surface area (Å²) in [6.45, 7) is 2.53. The molecule has 1 unspecified atom stereocenters. The number of ether oxygens (including phenoxy) is 2. The van der Waals surface area contributed by atoms with Gasteiger partial charge in [-0.05, 0) is 18.1 Å². The van der Waals surface area contributed by atoms with Gasteiger partial charge in [0, 0.05) is 31.5 Å². The van der Waals surface area contributed by atoms with Gasteiger partial charge >= 0.3 is 0 Å². The second-order valence-electron chi connectivity index (χ2n) is 3.65. The lowest BCUT2D eigenvalue weighted by molar-refractivity contribution is 0.190. The van der Waals surface area contributed by atoms with Crippen molar-refractivity contribution in [3.05, 3.63) is 23.9 Å². The Labute approximate surface area is 89.6 Å². The quantitative estimate of drug-likeness (QED) is 0.800. The monoisotopic (exact) mass is 208 g/mol. The first-order chi connectivity index (χ1) is 7.38.